The molecule has 1 aromatic rings. The molecule has 1 amide bonds. The Morgan fingerprint density at radius 3 is 2.69 bits per heavy atom. The van der Waals surface area contributed by atoms with Crippen LogP contribution in [-0.2, 0) is 11.3 Å². The van der Waals surface area contributed by atoms with Crippen molar-refractivity contribution in [2.45, 2.75) is 63.1 Å². The van der Waals surface area contributed by atoms with Gasteiger partial charge in [-0.05, 0) is 38.8 Å². The largest absolute Gasteiger partial charge is 0.379 e. The summed E-state index contributed by atoms with van der Waals surface area (Å²) in [5, 5.41) is 11.0. The fourth-order valence-corrected chi connectivity index (χ4v) is 4.30. The summed E-state index contributed by atoms with van der Waals surface area (Å²) >= 11 is 0. The van der Waals surface area contributed by atoms with Gasteiger partial charge in [0.05, 0.1) is 0 Å². The second kappa shape index (κ2) is 8.01. The monoisotopic (exact) mass is 366 g/mol. The minimum atomic E-state index is -1.45. The van der Waals surface area contributed by atoms with E-state index in [2.05, 4.69) is 4.90 Å². The molecule has 4 nitrogen and oxygen atoms in total. The number of amides is 1. The number of halogens is 2. The summed E-state index contributed by atoms with van der Waals surface area (Å²) in [4.78, 5) is 16.5. The molecule has 0 unspecified atom stereocenters. The molecule has 3 rings (SSSR count). The molecule has 1 N–H and O–H groups in total. The van der Waals surface area contributed by atoms with Gasteiger partial charge in [0.2, 0.25) is 0 Å². The zero-order valence-electron chi connectivity index (χ0n) is 15.4. The lowest BCUT2D eigenvalue weighted by Crippen LogP contribution is -2.59. The average molecular weight is 366 g/mol. The van der Waals surface area contributed by atoms with Crippen LogP contribution in [0.25, 0.3) is 0 Å². The molecule has 1 saturated heterocycles. The Balaban J connectivity index is 1.68. The van der Waals surface area contributed by atoms with E-state index in [1.54, 1.807) is 0 Å². The molecular weight excluding hydrogens is 338 g/mol. The maximum Gasteiger partial charge on any atom is 0.256 e. The molecule has 2 fully saturated rings. The van der Waals surface area contributed by atoms with Gasteiger partial charge in [-0.15, -0.1) is 0 Å². The van der Waals surface area contributed by atoms with Gasteiger partial charge in [0.1, 0.15) is 0 Å². The van der Waals surface area contributed by atoms with Crippen LogP contribution in [0, 0.1) is 11.6 Å². The number of likely N-dealkylation sites (tertiary alicyclic amines) is 1. The van der Waals surface area contributed by atoms with Gasteiger partial charge in [0.25, 0.3) is 5.91 Å². The van der Waals surface area contributed by atoms with Crippen molar-refractivity contribution in [3.8, 4) is 0 Å². The second-order valence-electron chi connectivity index (χ2n) is 7.78. The van der Waals surface area contributed by atoms with Crippen LogP contribution in [0.15, 0.2) is 18.2 Å². The number of piperidine rings is 1. The Kier molecular flexibility index (Phi) is 5.92. The van der Waals surface area contributed by atoms with Crippen LogP contribution in [0.4, 0.5) is 8.78 Å². The fraction of sp³-hybridized carbons (Fsp3) is 0.650. The maximum absolute atomic E-state index is 13.9. The van der Waals surface area contributed by atoms with Crippen molar-refractivity contribution in [1.29, 1.82) is 0 Å². The molecule has 1 atom stereocenters. The van der Waals surface area contributed by atoms with E-state index in [1.807, 2.05) is 7.05 Å². The molecule has 1 aromatic carbocycles. The van der Waals surface area contributed by atoms with Gasteiger partial charge in [-0.1, -0.05) is 31.4 Å². The van der Waals surface area contributed by atoms with Crippen molar-refractivity contribution < 1.29 is 18.7 Å². The number of hydrogen-bond acceptors (Lipinski definition) is 3. The molecular formula is C20H28F2N2O2. The molecule has 6 heteroatoms. The van der Waals surface area contributed by atoms with Crippen LogP contribution >= 0.6 is 0 Å². The lowest BCUT2D eigenvalue weighted by atomic mass is 9.88. The highest BCUT2D eigenvalue weighted by Gasteiger charge is 2.43. The van der Waals surface area contributed by atoms with Crippen LogP contribution in [0.3, 0.4) is 0 Å². The van der Waals surface area contributed by atoms with Crippen molar-refractivity contribution >= 4 is 5.91 Å². The van der Waals surface area contributed by atoms with Gasteiger partial charge in [-0.2, -0.15) is 0 Å². The predicted molar refractivity (Wildman–Crippen MR) is 95.5 cm³/mol. The second-order valence-corrected chi connectivity index (χ2v) is 7.78. The summed E-state index contributed by atoms with van der Waals surface area (Å²) in [6.45, 7) is 0.723. The number of aliphatic hydroxyl groups is 1. The number of likely N-dealkylation sites (N-methyl/N-ethyl adjacent to an activating group) is 1. The number of rotatable bonds is 5. The highest BCUT2D eigenvalue weighted by molar-refractivity contribution is 5.86. The van der Waals surface area contributed by atoms with Crippen molar-refractivity contribution in [2.75, 3.05) is 20.1 Å². The third-order valence-corrected chi connectivity index (χ3v) is 5.81. The Bertz CT molecular complexity index is 649. The summed E-state index contributed by atoms with van der Waals surface area (Å²) in [5.74, 6) is -2.22. The molecule has 1 saturated carbocycles. The van der Waals surface area contributed by atoms with Crippen LogP contribution in [0.2, 0.25) is 0 Å². The van der Waals surface area contributed by atoms with Crippen LogP contribution in [0.5, 0.6) is 0 Å². The minimum absolute atomic E-state index is 0.0160. The van der Waals surface area contributed by atoms with E-state index in [4.69, 9.17) is 0 Å². The Hall–Kier alpha value is -1.53. The summed E-state index contributed by atoms with van der Waals surface area (Å²) in [7, 11) is 1.96. The molecule has 0 bridgehead atoms. The molecule has 1 aliphatic carbocycles. The van der Waals surface area contributed by atoms with Crippen molar-refractivity contribution in [1.82, 2.24) is 9.80 Å². The van der Waals surface area contributed by atoms with E-state index in [0.29, 0.717) is 32.0 Å². The van der Waals surface area contributed by atoms with E-state index in [1.165, 1.54) is 36.3 Å². The van der Waals surface area contributed by atoms with E-state index in [-0.39, 0.29) is 18.0 Å². The summed E-state index contributed by atoms with van der Waals surface area (Å²) < 4.78 is 27.4. The number of carbonyl (C=O) groups is 1. The molecule has 1 aliphatic heterocycles. The van der Waals surface area contributed by atoms with Crippen LogP contribution in [0.1, 0.15) is 50.5 Å². The number of carbonyl (C=O) groups excluding carboxylic acids is 1. The first-order valence-corrected chi connectivity index (χ1v) is 9.55. The van der Waals surface area contributed by atoms with Gasteiger partial charge < -0.3 is 14.9 Å². The quantitative estimate of drug-likeness (QED) is 0.871. The van der Waals surface area contributed by atoms with Crippen LogP contribution < -0.4 is 0 Å². The van der Waals surface area contributed by atoms with Crippen molar-refractivity contribution in [3.05, 3.63) is 35.4 Å². The predicted octanol–water partition coefficient (Wildman–Crippen LogP) is 3.08. The zero-order chi connectivity index (χ0) is 18.7. The standard InChI is InChI=1S/C20H28F2N2O2/c1-23(16-8-3-2-4-9-16)14-20(26)11-6-12-24(19(20)25)13-15-7-5-10-17(21)18(15)22/h5,7,10,16,26H,2-4,6,8-9,11-14H2,1H3/t20-/m0/s1. The SMILES string of the molecule is CN(C[C@@]1(O)CCCN(Cc2cccc(F)c2F)C1=O)C1CCCCC1. The first kappa shape index (κ1) is 19.2. The molecule has 144 valence electrons. The first-order valence-electron chi connectivity index (χ1n) is 9.55. The highest BCUT2D eigenvalue weighted by Crippen LogP contribution is 2.29. The Morgan fingerprint density at radius 1 is 1.23 bits per heavy atom. The summed E-state index contributed by atoms with van der Waals surface area (Å²) in [6, 6.07) is 4.38. The summed E-state index contributed by atoms with van der Waals surface area (Å²) in [6.07, 6.45) is 6.87. The number of hydrogen-bond donors (Lipinski definition) is 1. The third-order valence-electron chi connectivity index (χ3n) is 5.81. The number of nitrogens with zero attached hydrogens (tertiary/aromatic N) is 2. The Morgan fingerprint density at radius 2 is 1.96 bits per heavy atom. The van der Waals surface area contributed by atoms with Crippen molar-refractivity contribution in [3.63, 3.8) is 0 Å². The normalized spacial score (nSPS) is 25.1. The highest BCUT2D eigenvalue weighted by atomic mass is 19.2. The van der Waals surface area contributed by atoms with Gasteiger partial charge in [-0.3, -0.25) is 4.79 Å². The minimum Gasteiger partial charge on any atom is -0.379 e. The van der Waals surface area contributed by atoms with E-state index < -0.39 is 17.2 Å². The van der Waals surface area contributed by atoms with Gasteiger partial charge >= 0.3 is 0 Å². The van der Waals surface area contributed by atoms with E-state index in [9.17, 15) is 18.7 Å². The molecule has 26 heavy (non-hydrogen) atoms. The molecule has 0 spiro atoms. The topological polar surface area (TPSA) is 43.8 Å². The molecule has 0 radical (unpaired) electrons. The van der Waals surface area contributed by atoms with Crippen molar-refractivity contribution in [2.24, 2.45) is 0 Å². The maximum atomic E-state index is 13.9. The lowest BCUT2D eigenvalue weighted by molar-refractivity contribution is -0.160. The van der Waals surface area contributed by atoms with Gasteiger partial charge in [0.15, 0.2) is 17.2 Å². The molecule has 1 heterocycles. The number of benzene rings is 1. The third kappa shape index (κ3) is 4.07. The average Bonchev–Trinajstić information content (AvgIpc) is 2.63. The fourth-order valence-electron chi connectivity index (χ4n) is 4.30. The zero-order valence-corrected chi connectivity index (χ0v) is 15.4. The lowest BCUT2D eigenvalue weighted by Gasteiger charge is -2.42. The molecule has 2 aliphatic rings. The first-order chi connectivity index (χ1) is 12.4. The van der Waals surface area contributed by atoms with Gasteiger partial charge in [-0.25, -0.2) is 8.78 Å². The summed E-state index contributed by atoms with van der Waals surface area (Å²) in [5.41, 5.74) is -1.31. The van der Waals surface area contributed by atoms with Crippen LogP contribution in [-0.4, -0.2) is 52.6 Å². The van der Waals surface area contributed by atoms with E-state index >= 15 is 0 Å². The smallest absolute Gasteiger partial charge is 0.256 e. The Labute approximate surface area is 153 Å². The van der Waals surface area contributed by atoms with Gasteiger partial charge in [0, 0.05) is 31.2 Å². The molecule has 0 aromatic heterocycles. The van der Waals surface area contributed by atoms with E-state index in [0.717, 1.165) is 18.9 Å².